The van der Waals surface area contributed by atoms with Crippen molar-refractivity contribution in [3.8, 4) is 0 Å². The van der Waals surface area contributed by atoms with Gasteiger partial charge in [0.2, 0.25) is 0 Å². The van der Waals surface area contributed by atoms with Crippen LogP contribution in [0.3, 0.4) is 0 Å². The van der Waals surface area contributed by atoms with Crippen molar-refractivity contribution in [1.29, 1.82) is 0 Å². The normalized spacial score (nSPS) is 10.9. The van der Waals surface area contributed by atoms with Crippen LogP contribution in [0.1, 0.15) is 5.69 Å². The molecular weight excluding hydrogens is 230 g/mol. The zero-order valence-corrected chi connectivity index (χ0v) is 10.6. The van der Waals surface area contributed by atoms with Gasteiger partial charge in [-0.1, -0.05) is 0 Å². The van der Waals surface area contributed by atoms with E-state index in [1.165, 1.54) is 0 Å². The van der Waals surface area contributed by atoms with Crippen LogP contribution in [-0.4, -0.2) is 39.6 Å². The molecule has 98 valence electrons. The third kappa shape index (κ3) is 3.97. The molecule has 0 saturated heterocycles. The van der Waals surface area contributed by atoms with Gasteiger partial charge in [0.05, 0.1) is 25.2 Å². The number of hydrogen-bond donors (Lipinski definition) is 1. The Bertz CT molecular complexity index is 437. The first-order valence-corrected chi connectivity index (χ1v) is 6.06. The molecule has 6 heteroatoms. The first-order valence-electron chi connectivity index (χ1n) is 6.06. The highest BCUT2D eigenvalue weighted by Crippen LogP contribution is 1.97. The van der Waals surface area contributed by atoms with Gasteiger partial charge in [-0.05, 0) is 6.07 Å². The van der Waals surface area contributed by atoms with Crippen molar-refractivity contribution in [2.75, 3.05) is 20.3 Å². The van der Waals surface area contributed by atoms with Crippen LogP contribution in [0.5, 0.6) is 0 Å². The van der Waals surface area contributed by atoms with E-state index in [0.29, 0.717) is 0 Å². The molecule has 2 aromatic rings. The van der Waals surface area contributed by atoms with Crippen molar-refractivity contribution in [3.63, 3.8) is 0 Å². The predicted molar refractivity (Wildman–Crippen MR) is 68.0 cm³/mol. The van der Waals surface area contributed by atoms with Crippen molar-refractivity contribution in [2.45, 2.75) is 19.6 Å². The molecule has 0 amide bonds. The van der Waals surface area contributed by atoms with Crippen LogP contribution in [-0.2, 0) is 24.4 Å². The van der Waals surface area contributed by atoms with Crippen molar-refractivity contribution in [2.24, 2.45) is 0 Å². The lowest BCUT2D eigenvalue weighted by molar-refractivity contribution is 0.199. The minimum Gasteiger partial charge on any atom is -0.383 e. The van der Waals surface area contributed by atoms with Gasteiger partial charge in [0.1, 0.15) is 0 Å². The molecule has 0 fully saturated rings. The van der Waals surface area contributed by atoms with E-state index in [-0.39, 0.29) is 0 Å². The fraction of sp³-hybridized carbons (Fsp3) is 0.500. The first kappa shape index (κ1) is 12.8. The van der Waals surface area contributed by atoms with E-state index in [9.17, 15) is 0 Å². The quantitative estimate of drug-likeness (QED) is 0.693. The summed E-state index contributed by atoms with van der Waals surface area (Å²) < 4.78 is 8.96. The van der Waals surface area contributed by atoms with Crippen molar-refractivity contribution in [3.05, 3.63) is 36.7 Å². The van der Waals surface area contributed by atoms with Crippen LogP contribution in [0.15, 0.2) is 31.0 Å². The standard InChI is InChI=1S/C12H19N5O/c1-18-8-4-13-9-12-10-16(11-14-12)6-7-17-5-2-3-15-17/h2-3,5,10-11,13H,4,6-9H2,1H3. The molecule has 0 radical (unpaired) electrons. The number of nitrogens with zero attached hydrogens (tertiary/aromatic N) is 4. The lowest BCUT2D eigenvalue weighted by atomic mass is 10.4. The van der Waals surface area contributed by atoms with E-state index >= 15 is 0 Å². The topological polar surface area (TPSA) is 56.9 Å². The molecular formula is C12H19N5O. The van der Waals surface area contributed by atoms with E-state index < -0.39 is 0 Å². The highest BCUT2D eigenvalue weighted by atomic mass is 16.5. The van der Waals surface area contributed by atoms with Gasteiger partial charge < -0.3 is 14.6 Å². The van der Waals surface area contributed by atoms with Crippen molar-refractivity contribution < 1.29 is 4.74 Å². The number of aryl methyl sites for hydroxylation is 2. The van der Waals surface area contributed by atoms with Crippen LogP contribution in [0.2, 0.25) is 0 Å². The molecule has 2 heterocycles. The molecule has 0 aliphatic carbocycles. The number of rotatable bonds is 8. The Kier molecular flexibility index (Phi) is 4.92. The zero-order valence-electron chi connectivity index (χ0n) is 10.6. The van der Waals surface area contributed by atoms with Gasteiger partial charge >= 0.3 is 0 Å². The van der Waals surface area contributed by atoms with Gasteiger partial charge in [-0.15, -0.1) is 0 Å². The molecule has 1 N–H and O–H groups in total. The molecule has 0 aliphatic heterocycles. The second-order valence-electron chi connectivity index (χ2n) is 4.04. The van der Waals surface area contributed by atoms with E-state index in [4.69, 9.17) is 4.74 Å². The fourth-order valence-corrected chi connectivity index (χ4v) is 1.66. The Balaban J connectivity index is 1.72. The highest BCUT2D eigenvalue weighted by molar-refractivity contribution is 4.96. The number of aromatic nitrogens is 4. The average Bonchev–Trinajstić information content (AvgIpc) is 3.03. The Labute approximate surface area is 107 Å². The number of nitrogens with one attached hydrogen (secondary N) is 1. The average molecular weight is 249 g/mol. The molecule has 0 atom stereocenters. The van der Waals surface area contributed by atoms with Crippen LogP contribution >= 0.6 is 0 Å². The molecule has 6 nitrogen and oxygen atoms in total. The number of imidazole rings is 1. The number of hydrogen-bond acceptors (Lipinski definition) is 4. The maximum atomic E-state index is 4.97. The monoisotopic (exact) mass is 249 g/mol. The van der Waals surface area contributed by atoms with Crippen LogP contribution in [0.25, 0.3) is 0 Å². The summed E-state index contributed by atoms with van der Waals surface area (Å²) in [4.78, 5) is 4.34. The van der Waals surface area contributed by atoms with Gasteiger partial charge in [0.25, 0.3) is 0 Å². The molecule has 18 heavy (non-hydrogen) atoms. The molecule has 0 bridgehead atoms. The van der Waals surface area contributed by atoms with Crippen LogP contribution in [0, 0.1) is 0 Å². The summed E-state index contributed by atoms with van der Waals surface area (Å²) in [6.45, 7) is 4.08. The van der Waals surface area contributed by atoms with Gasteiger partial charge in [-0.2, -0.15) is 5.10 Å². The summed E-state index contributed by atoms with van der Waals surface area (Å²) in [5, 5.41) is 7.43. The number of methoxy groups -OCH3 is 1. The molecule has 0 aliphatic rings. The maximum Gasteiger partial charge on any atom is 0.0950 e. The fourth-order valence-electron chi connectivity index (χ4n) is 1.66. The molecule has 2 rings (SSSR count). The Hall–Kier alpha value is -1.66. The molecule has 0 aromatic carbocycles. The SMILES string of the molecule is COCCNCc1cn(CCn2cccn2)cn1. The van der Waals surface area contributed by atoms with Crippen LogP contribution in [0.4, 0.5) is 0 Å². The van der Waals surface area contributed by atoms with E-state index in [1.54, 1.807) is 13.3 Å². The lowest BCUT2D eigenvalue weighted by Crippen LogP contribution is -2.18. The van der Waals surface area contributed by atoms with E-state index in [2.05, 4.69) is 26.2 Å². The third-order valence-corrected chi connectivity index (χ3v) is 2.62. The Morgan fingerprint density at radius 1 is 1.39 bits per heavy atom. The smallest absolute Gasteiger partial charge is 0.0950 e. The van der Waals surface area contributed by atoms with Gasteiger partial charge in [-0.3, -0.25) is 4.68 Å². The summed E-state index contributed by atoms with van der Waals surface area (Å²) in [5.41, 5.74) is 1.05. The van der Waals surface area contributed by atoms with Crippen molar-refractivity contribution in [1.82, 2.24) is 24.6 Å². The van der Waals surface area contributed by atoms with Crippen molar-refractivity contribution >= 4 is 0 Å². The predicted octanol–water partition coefficient (Wildman–Crippen LogP) is 0.516. The summed E-state index contributed by atoms with van der Waals surface area (Å²) in [7, 11) is 1.70. The van der Waals surface area contributed by atoms with E-state index in [1.807, 2.05) is 23.3 Å². The first-order chi connectivity index (χ1) is 8.88. The van der Waals surface area contributed by atoms with Crippen LogP contribution < -0.4 is 5.32 Å². The molecule has 0 saturated carbocycles. The minimum absolute atomic E-state index is 0.722. The van der Waals surface area contributed by atoms with Gasteiger partial charge in [-0.25, -0.2) is 4.98 Å². The summed E-state index contributed by atoms with van der Waals surface area (Å²) >= 11 is 0. The van der Waals surface area contributed by atoms with E-state index in [0.717, 1.165) is 38.5 Å². The zero-order chi connectivity index (χ0) is 12.6. The Morgan fingerprint density at radius 2 is 2.33 bits per heavy atom. The largest absolute Gasteiger partial charge is 0.383 e. The lowest BCUT2D eigenvalue weighted by Gasteiger charge is -2.02. The van der Waals surface area contributed by atoms with Gasteiger partial charge in [0, 0.05) is 45.3 Å². The second-order valence-corrected chi connectivity index (χ2v) is 4.04. The number of ether oxygens (including phenoxy) is 1. The molecule has 0 spiro atoms. The summed E-state index contributed by atoms with van der Waals surface area (Å²) in [5.74, 6) is 0. The summed E-state index contributed by atoms with van der Waals surface area (Å²) in [6, 6.07) is 1.93. The third-order valence-electron chi connectivity index (χ3n) is 2.62. The Morgan fingerprint density at radius 3 is 3.11 bits per heavy atom. The maximum absolute atomic E-state index is 4.97. The molecule has 2 aromatic heterocycles. The minimum atomic E-state index is 0.722. The second kappa shape index (κ2) is 6.93. The highest BCUT2D eigenvalue weighted by Gasteiger charge is 1.99. The molecule has 0 unspecified atom stereocenters. The van der Waals surface area contributed by atoms with Gasteiger partial charge in [0.15, 0.2) is 0 Å². The summed E-state index contributed by atoms with van der Waals surface area (Å²) in [6.07, 6.45) is 7.67.